The van der Waals surface area contributed by atoms with Gasteiger partial charge < -0.3 is 24.2 Å². The predicted octanol–water partition coefficient (Wildman–Crippen LogP) is 3.05. The van der Waals surface area contributed by atoms with Gasteiger partial charge in [-0.15, -0.1) is 11.8 Å². The summed E-state index contributed by atoms with van der Waals surface area (Å²) in [5.41, 5.74) is 1.26. The van der Waals surface area contributed by atoms with Gasteiger partial charge in [0.15, 0.2) is 0 Å². The Labute approximate surface area is 199 Å². The highest BCUT2D eigenvalue weighted by molar-refractivity contribution is 8.01. The molecule has 4 rings (SSSR count). The molecule has 178 valence electrons. The molecule has 0 unspecified atom stereocenters. The Morgan fingerprint density at radius 2 is 1.91 bits per heavy atom. The van der Waals surface area contributed by atoms with E-state index < -0.39 is 16.8 Å². The lowest BCUT2D eigenvalue weighted by atomic mass is 9.95. The number of nitrogens with zero attached hydrogens (tertiary/aromatic N) is 2. The average Bonchev–Trinajstić information content (AvgIpc) is 3.01. The van der Waals surface area contributed by atoms with Gasteiger partial charge in [-0.3, -0.25) is 9.69 Å². The normalized spacial score (nSPS) is 23.2. The maximum atomic E-state index is 13.0. The fourth-order valence-electron chi connectivity index (χ4n) is 4.49. The number of para-hydroxylation sites is 1. The van der Waals surface area contributed by atoms with Crippen LogP contribution in [0, 0.1) is 0 Å². The van der Waals surface area contributed by atoms with Crippen LogP contribution in [-0.4, -0.2) is 80.4 Å². The second-order valence-corrected chi connectivity index (χ2v) is 9.76. The Balaban J connectivity index is 1.41. The molecule has 2 aliphatic heterocycles. The topological polar surface area (TPSA) is 71.5 Å². The molecule has 1 N–H and O–H groups in total. The average molecular weight is 473 g/mol. The summed E-state index contributed by atoms with van der Waals surface area (Å²) in [4.78, 5) is 18.6. The van der Waals surface area contributed by atoms with Crippen molar-refractivity contribution in [1.29, 1.82) is 0 Å². The molecule has 0 amide bonds. The third-order valence-electron chi connectivity index (χ3n) is 6.43. The number of carbonyl (C=O) groups is 1. The molecule has 2 atom stereocenters. The first-order valence-corrected chi connectivity index (χ1v) is 12.2. The van der Waals surface area contributed by atoms with Gasteiger partial charge in [0.25, 0.3) is 0 Å². The van der Waals surface area contributed by atoms with Gasteiger partial charge in [0.1, 0.15) is 29.0 Å². The highest BCUT2D eigenvalue weighted by atomic mass is 32.2. The second kappa shape index (κ2) is 10.7. The lowest BCUT2D eigenvalue weighted by molar-refractivity contribution is -0.147. The molecule has 2 heterocycles. The molecule has 0 aromatic heterocycles. The van der Waals surface area contributed by atoms with Crippen molar-refractivity contribution in [1.82, 2.24) is 4.90 Å². The van der Waals surface area contributed by atoms with Gasteiger partial charge >= 0.3 is 5.97 Å². The van der Waals surface area contributed by atoms with Crippen molar-refractivity contribution >= 4 is 23.4 Å². The summed E-state index contributed by atoms with van der Waals surface area (Å²) < 4.78 is 15.2. The van der Waals surface area contributed by atoms with Gasteiger partial charge in [0.05, 0.1) is 19.1 Å². The maximum absolute atomic E-state index is 13.0. The number of fused-ring (bicyclic) bond motifs is 1. The summed E-state index contributed by atoms with van der Waals surface area (Å²) in [6, 6.07) is 15.9. The van der Waals surface area contributed by atoms with Crippen LogP contribution in [0.5, 0.6) is 11.5 Å². The third-order valence-corrected chi connectivity index (χ3v) is 7.97. The summed E-state index contributed by atoms with van der Waals surface area (Å²) in [7, 11) is 2.97. The van der Waals surface area contributed by atoms with Gasteiger partial charge in [-0.2, -0.15) is 0 Å². The number of rotatable bonds is 7. The predicted molar refractivity (Wildman–Crippen MR) is 129 cm³/mol. The van der Waals surface area contributed by atoms with Crippen LogP contribution < -0.4 is 14.4 Å². The number of piperazine rings is 1. The van der Waals surface area contributed by atoms with Crippen molar-refractivity contribution in [2.45, 2.75) is 28.6 Å². The Kier molecular flexibility index (Phi) is 7.67. The minimum atomic E-state index is -1.13. The lowest BCUT2D eigenvalue weighted by Gasteiger charge is -2.37. The van der Waals surface area contributed by atoms with Crippen molar-refractivity contribution in [3.05, 3.63) is 48.5 Å². The van der Waals surface area contributed by atoms with Crippen LogP contribution in [0.4, 0.5) is 5.69 Å². The molecule has 0 radical (unpaired) electrons. The van der Waals surface area contributed by atoms with E-state index in [0.29, 0.717) is 17.9 Å². The highest BCUT2D eigenvalue weighted by Crippen LogP contribution is 2.47. The summed E-state index contributed by atoms with van der Waals surface area (Å²) in [5.74, 6) is 0.895. The minimum absolute atomic E-state index is 0.0389. The number of anilines is 1. The van der Waals surface area contributed by atoms with E-state index in [1.165, 1.54) is 24.6 Å². The molecule has 2 aliphatic rings. The number of esters is 1. The molecule has 33 heavy (non-hydrogen) atoms. The van der Waals surface area contributed by atoms with E-state index in [-0.39, 0.29) is 6.61 Å². The third kappa shape index (κ3) is 5.23. The SMILES string of the molecule is COC(=O)[C@]1(CCCN2CCN(c3ccccc3)CC2)Sc2cc(OC)ccc2OC[C@@H]1O. The zero-order valence-electron chi connectivity index (χ0n) is 19.2. The summed E-state index contributed by atoms with van der Waals surface area (Å²) in [6.45, 7) is 4.80. The van der Waals surface area contributed by atoms with Crippen molar-refractivity contribution in [3.8, 4) is 11.5 Å². The monoisotopic (exact) mass is 472 g/mol. The number of hydrogen-bond acceptors (Lipinski definition) is 8. The number of aliphatic hydroxyl groups is 1. The smallest absolute Gasteiger partial charge is 0.325 e. The number of carbonyl (C=O) groups excluding carboxylic acids is 1. The first-order valence-electron chi connectivity index (χ1n) is 11.3. The number of aliphatic hydroxyl groups excluding tert-OH is 1. The zero-order valence-corrected chi connectivity index (χ0v) is 20.1. The van der Waals surface area contributed by atoms with E-state index >= 15 is 0 Å². The Bertz CT molecular complexity index is 936. The van der Waals surface area contributed by atoms with Crippen LogP contribution in [0.25, 0.3) is 0 Å². The van der Waals surface area contributed by atoms with E-state index in [1.54, 1.807) is 7.11 Å². The van der Waals surface area contributed by atoms with Crippen LogP contribution in [0.15, 0.2) is 53.4 Å². The fourth-order valence-corrected chi connectivity index (χ4v) is 5.90. The first kappa shape index (κ1) is 23.7. The van der Waals surface area contributed by atoms with E-state index in [1.807, 2.05) is 24.3 Å². The molecule has 0 bridgehead atoms. The van der Waals surface area contributed by atoms with Gasteiger partial charge in [-0.25, -0.2) is 0 Å². The number of methoxy groups -OCH3 is 2. The zero-order chi connectivity index (χ0) is 23.3. The number of ether oxygens (including phenoxy) is 3. The van der Waals surface area contributed by atoms with E-state index in [2.05, 4.69) is 34.1 Å². The minimum Gasteiger partial charge on any atom is -0.497 e. The molecular formula is C25H32N2O5S. The molecule has 0 spiro atoms. The molecule has 8 heteroatoms. The fraction of sp³-hybridized carbons (Fsp3) is 0.480. The number of benzene rings is 2. The summed E-state index contributed by atoms with van der Waals surface area (Å²) in [5, 5.41) is 11.0. The number of thioether (sulfide) groups is 1. The van der Waals surface area contributed by atoms with Crippen LogP contribution in [0.2, 0.25) is 0 Å². The van der Waals surface area contributed by atoms with E-state index in [9.17, 15) is 9.90 Å². The van der Waals surface area contributed by atoms with Crippen molar-refractivity contribution < 1.29 is 24.1 Å². The largest absolute Gasteiger partial charge is 0.497 e. The molecule has 0 aliphatic carbocycles. The lowest BCUT2D eigenvalue weighted by Crippen LogP contribution is -2.50. The van der Waals surface area contributed by atoms with Crippen LogP contribution in [-0.2, 0) is 9.53 Å². The summed E-state index contributed by atoms with van der Waals surface area (Å²) in [6.07, 6.45) is 0.275. The van der Waals surface area contributed by atoms with Gasteiger partial charge in [0.2, 0.25) is 0 Å². The van der Waals surface area contributed by atoms with Gasteiger partial charge in [0, 0.05) is 31.9 Å². The summed E-state index contributed by atoms with van der Waals surface area (Å²) >= 11 is 1.32. The van der Waals surface area contributed by atoms with Crippen molar-refractivity contribution in [3.63, 3.8) is 0 Å². The Morgan fingerprint density at radius 1 is 1.15 bits per heavy atom. The van der Waals surface area contributed by atoms with Gasteiger partial charge in [-0.05, 0) is 49.7 Å². The quantitative estimate of drug-likeness (QED) is 0.617. The van der Waals surface area contributed by atoms with Crippen LogP contribution in [0.3, 0.4) is 0 Å². The van der Waals surface area contributed by atoms with E-state index in [0.717, 1.165) is 44.0 Å². The first-order chi connectivity index (χ1) is 16.1. The van der Waals surface area contributed by atoms with E-state index in [4.69, 9.17) is 14.2 Å². The van der Waals surface area contributed by atoms with Gasteiger partial charge in [-0.1, -0.05) is 18.2 Å². The standard InChI is InChI=1S/C25H32N2O5S/c1-30-20-9-10-21-22(17-20)33-25(24(29)31-2,23(28)18-32-21)11-6-12-26-13-15-27(16-14-26)19-7-4-3-5-8-19/h3-5,7-10,17,23,28H,6,11-16,18H2,1-2H3/t23-,25+/m0/s1. The Morgan fingerprint density at radius 3 is 2.61 bits per heavy atom. The maximum Gasteiger partial charge on any atom is 0.325 e. The molecule has 1 saturated heterocycles. The second-order valence-electron chi connectivity index (χ2n) is 8.39. The highest BCUT2D eigenvalue weighted by Gasteiger charge is 2.49. The molecule has 1 fully saturated rings. The van der Waals surface area contributed by atoms with Crippen molar-refractivity contribution in [2.75, 3.05) is 58.5 Å². The molecule has 2 aromatic carbocycles. The van der Waals surface area contributed by atoms with Crippen molar-refractivity contribution in [2.24, 2.45) is 0 Å². The molecular weight excluding hydrogens is 440 g/mol. The molecule has 0 saturated carbocycles. The molecule has 7 nitrogen and oxygen atoms in total. The molecule has 2 aromatic rings. The Hall–Kier alpha value is -2.42. The van der Waals surface area contributed by atoms with Crippen LogP contribution in [0.1, 0.15) is 12.8 Å². The van der Waals surface area contributed by atoms with Crippen LogP contribution >= 0.6 is 11.8 Å². The number of hydrogen-bond donors (Lipinski definition) is 1.